The monoisotopic (exact) mass is 842 g/mol. The molecule has 5 amide bonds. The molecule has 16 nitrogen and oxygen atoms in total. The van der Waals surface area contributed by atoms with Crippen molar-refractivity contribution in [1.29, 1.82) is 0 Å². The summed E-state index contributed by atoms with van der Waals surface area (Å²) < 4.78 is 15.1. The zero-order chi connectivity index (χ0) is 43.9. The molecule has 1 fully saturated rings. The number of hydrogen-bond donors (Lipinski definition) is 9. The zero-order valence-corrected chi connectivity index (χ0v) is 34.0. The number of halogens is 1. The molecule has 4 aromatic rings. The van der Waals surface area contributed by atoms with Crippen LogP contribution in [0.2, 0.25) is 0 Å². The summed E-state index contributed by atoms with van der Waals surface area (Å²) >= 11 is 0. The highest BCUT2D eigenvalue weighted by atomic mass is 19.2. The molecule has 326 valence electrons. The van der Waals surface area contributed by atoms with Gasteiger partial charge in [0.15, 0.2) is 0 Å². The van der Waals surface area contributed by atoms with Gasteiger partial charge in [-0.3, -0.25) is 24.0 Å². The molecule has 5 rings (SSSR count). The number of nitrogens with one attached hydrogen (secondary N) is 6. The highest BCUT2D eigenvalue weighted by Crippen LogP contribution is 2.23. The van der Waals surface area contributed by atoms with Crippen molar-refractivity contribution in [2.24, 2.45) is 5.73 Å². The first-order chi connectivity index (χ1) is 29.3. The molecule has 0 aliphatic carbocycles. The fourth-order valence-corrected chi connectivity index (χ4v) is 7.32. The second-order valence-corrected chi connectivity index (χ2v) is 15.3. The van der Waals surface area contributed by atoms with Gasteiger partial charge in [0.1, 0.15) is 30.2 Å². The number of carbonyl (C=O) groups is 6. The first-order valence-electron chi connectivity index (χ1n) is 20.5. The molecule has 0 bridgehead atoms. The van der Waals surface area contributed by atoms with E-state index in [9.17, 15) is 39.0 Å². The molecule has 17 heteroatoms. The van der Waals surface area contributed by atoms with Gasteiger partial charge < -0.3 is 47.8 Å². The third kappa shape index (κ3) is 13.2. The molecule has 1 saturated heterocycles. The predicted molar refractivity (Wildman–Crippen MR) is 225 cm³/mol. The van der Waals surface area contributed by atoms with Crippen molar-refractivity contribution in [3.05, 3.63) is 108 Å². The van der Waals surface area contributed by atoms with Crippen LogP contribution in [-0.4, -0.2) is 106 Å². The lowest BCUT2D eigenvalue weighted by Crippen LogP contribution is -2.61. The smallest absolute Gasteiger partial charge is 0.326 e. The predicted octanol–water partition coefficient (Wildman–Crippen LogP) is 1.17. The number of hydrogen-bond acceptors (Lipinski definition) is 9. The Bertz CT molecular complexity index is 2110. The Morgan fingerprint density at radius 3 is 1.89 bits per heavy atom. The first-order valence-corrected chi connectivity index (χ1v) is 20.5. The van der Waals surface area contributed by atoms with Crippen molar-refractivity contribution in [2.75, 3.05) is 13.1 Å². The number of fused-ring (bicyclic) bond motifs is 1. The molecule has 1 aromatic heterocycles. The number of aliphatic hydroxyl groups is 1. The van der Waals surface area contributed by atoms with Crippen LogP contribution in [0.5, 0.6) is 0 Å². The van der Waals surface area contributed by atoms with Gasteiger partial charge in [-0.2, -0.15) is 4.79 Å². The van der Waals surface area contributed by atoms with Gasteiger partial charge in [0.25, 0.3) is 0 Å². The molecular weight excluding hydrogens is 788 g/mol. The second kappa shape index (κ2) is 22.4. The van der Waals surface area contributed by atoms with E-state index in [-0.39, 0.29) is 43.7 Å². The minimum atomic E-state index is -1.62. The van der Waals surface area contributed by atoms with E-state index < -0.39 is 72.0 Å². The topological polar surface area (TPSA) is 246 Å². The Morgan fingerprint density at radius 2 is 1.30 bits per heavy atom. The van der Waals surface area contributed by atoms with E-state index >= 15 is 4.48 Å². The van der Waals surface area contributed by atoms with Gasteiger partial charge in [-0.05, 0) is 74.9 Å². The van der Waals surface area contributed by atoms with Crippen LogP contribution in [0.1, 0.15) is 55.7 Å². The van der Waals surface area contributed by atoms with Crippen LogP contribution in [0.25, 0.3) is 10.9 Å². The molecule has 3 aromatic carbocycles. The van der Waals surface area contributed by atoms with Gasteiger partial charge in [0.2, 0.25) is 29.5 Å². The minimum absolute atomic E-state index is 0.0280. The number of para-hydroxylation sites is 1. The molecule has 0 radical (unpaired) electrons. The number of benzene rings is 3. The number of carbonyl (C=O) groups excluding carboxylic acids is 5. The van der Waals surface area contributed by atoms with Crippen LogP contribution < -0.4 is 37.6 Å². The summed E-state index contributed by atoms with van der Waals surface area (Å²) in [4.78, 5) is 81.9. The summed E-state index contributed by atoms with van der Waals surface area (Å²) in [6.07, 6.45) is 1.73. The standard InChI is InChI=1S/C44H55FN8O8/c1-27(54)38(43(59)51-36(44(60)61)24-29-15-6-3-7-16-29)52-40(56)33(18-10-11-21-46)48-42(58)35(25-30-26-53(45)37-20-9-8-17-31(30)37)50-41(57)34(23-28-13-4-2-5-14-28)49-39(55)32-19-12-22-47-32/h2-9,13-17,20,26-27,32-36,38,47,54H,10-12,18-19,21-25,46H2,1H3,(H,48,58)(H,49,55)(H,50,57)(H,51,59)(H,52,56)(H,60,61)/t27-,32+,33+,34+,35+,36+,38+/m1/s1. The third-order valence-electron chi connectivity index (χ3n) is 10.6. The maximum absolute atomic E-state index is 15.1. The molecule has 1 aliphatic rings. The number of carboxylic acid groups (broad SMARTS) is 1. The van der Waals surface area contributed by atoms with Crippen LogP contribution in [0, 0.1) is 0 Å². The first kappa shape index (κ1) is 45.9. The summed E-state index contributed by atoms with van der Waals surface area (Å²) in [5, 5.41) is 37.3. The van der Waals surface area contributed by atoms with Crippen LogP contribution in [-0.2, 0) is 48.0 Å². The van der Waals surface area contributed by atoms with Gasteiger partial charge in [-0.25, -0.2) is 4.79 Å². The van der Waals surface area contributed by atoms with Crippen molar-refractivity contribution in [1.82, 2.24) is 36.7 Å². The Kier molecular flexibility index (Phi) is 16.9. The second-order valence-electron chi connectivity index (χ2n) is 15.3. The van der Waals surface area contributed by atoms with E-state index in [0.29, 0.717) is 47.1 Å². The molecule has 2 heterocycles. The van der Waals surface area contributed by atoms with Crippen LogP contribution in [0.3, 0.4) is 0 Å². The fraction of sp³-hybridized carbons (Fsp3) is 0.409. The molecule has 61 heavy (non-hydrogen) atoms. The number of nitrogens with two attached hydrogens (primary N) is 1. The number of nitrogens with zero attached hydrogens (tertiary/aromatic N) is 1. The highest BCUT2D eigenvalue weighted by Gasteiger charge is 2.35. The van der Waals surface area contributed by atoms with Crippen molar-refractivity contribution < 1.29 is 43.5 Å². The molecule has 10 N–H and O–H groups in total. The number of aliphatic carboxylic acids is 1. The van der Waals surface area contributed by atoms with E-state index in [4.69, 9.17) is 5.73 Å². The number of carboxylic acids is 1. The van der Waals surface area contributed by atoms with Crippen LogP contribution >= 0.6 is 0 Å². The van der Waals surface area contributed by atoms with Gasteiger partial charge >= 0.3 is 5.97 Å². The van der Waals surface area contributed by atoms with Gasteiger partial charge in [0.05, 0.1) is 17.7 Å². The lowest BCUT2D eigenvalue weighted by atomic mass is 10.0. The number of aliphatic hydroxyl groups excluding tert-OH is 1. The summed E-state index contributed by atoms with van der Waals surface area (Å²) in [6.45, 7) is 2.17. The Balaban J connectivity index is 1.40. The largest absolute Gasteiger partial charge is 0.480 e. The number of aromatic nitrogens is 1. The lowest BCUT2D eigenvalue weighted by molar-refractivity contribution is -0.143. The summed E-state index contributed by atoms with van der Waals surface area (Å²) in [5.41, 5.74) is 7.72. The van der Waals surface area contributed by atoms with E-state index in [1.54, 1.807) is 78.9 Å². The maximum atomic E-state index is 15.1. The van der Waals surface area contributed by atoms with E-state index in [1.807, 2.05) is 6.07 Å². The van der Waals surface area contributed by atoms with Crippen LogP contribution in [0.4, 0.5) is 4.48 Å². The molecule has 7 atom stereocenters. The number of rotatable bonds is 22. The van der Waals surface area contributed by atoms with Crippen LogP contribution in [0.15, 0.2) is 91.1 Å². The number of unbranched alkanes of at least 4 members (excludes halogenated alkanes) is 1. The average molecular weight is 843 g/mol. The number of amides is 5. The van der Waals surface area contributed by atoms with Crippen molar-refractivity contribution in [3.8, 4) is 0 Å². The quantitative estimate of drug-likeness (QED) is 0.0512. The fourth-order valence-electron chi connectivity index (χ4n) is 7.32. The Labute approximate surface area is 353 Å². The molecule has 0 spiro atoms. The molecular formula is C44H55FN8O8. The maximum Gasteiger partial charge on any atom is 0.326 e. The van der Waals surface area contributed by atoms with E-state index in [1.165, 1.54) is 13.1 Å². The summed E-state index contributed by atoms with van der Waals surface area (Å²) in [5.74, 6) is -5.07. The van der Waals surface area contributed by atoms with Gasteiger partial charge in [-0.15, -0.1) is 0 Å². The van der Waals surface area contributed by atoms with Crippen molar-refractivity contribution in [2.45, 2.75) is 101 Å². The van der Waals surface area contributed by atoms with E-state index in [2.05, 4.69) is 31.9 Å². The average Bonchev–Trinajstić information content (AvgIpc) is 3.91. The zero-order valence-electron chi connectivity index (χ0n) is 34.0. The highest BCUT2D eigenvalue weighted by molar-refractivity contribution is 5.97. The molecule has 0 unspecified atom stereocenters. The van der Waals surface area contributed by atoms with Gasteiger partial charge in [0, 0.05) is 30.8 Å². The Hall–Kier alpha value is -6.17. The Morgan fingerprint density at radius 1 is 0.738 bits per heavy atom. The minimum Gasteiger partial charge on any atom is -0.480 e. The normalized spacial score (nSPS) is 16.6. The lowest BCUT2D eigenvalue weighted by Gasteiger charge is -2.28. The summed E-state index contributed by atoms with van der Waals surface area (Å²) in [7, 11) is 0. The van der Waals surface area contributed by atoms with E-state index in [0.717, 1.165) is 12.0 Å². The SMILES string of the molecule is C[C@@H](O)[C@H](NC(=O)[C@H](CCCCN)NC(=O)[C@H](Cc1cn(F)c2ccccc12)NC(=O)[C@H](Cc1ccccc1)NC(=O)[C@@H]1CCCN1)C(=O)N[C@@H](Cc1ccccc1)C(=O)O. The summed E-state index contributed by atoms with van der Waals surface area (Å²) in [6, 6.07) is 16.8. The van der Waals surface area contributed by atoms with Crippen molar-refractivity contribution >= 4 is 46.4 Å². The van der Waals surface area contributed by atoms with Crippen molar-refractivity contribution in [3.63, 3.8) is 0 Å². The molecule has 1 aliphatic heterocycles. The molecule has 0 saturated carbocycles. The van der Waals surface area contributed by atoms with Gasteiger partial charge in [-0.1, -0.05) is 83.3 Å². The third-order valence-corrected chi connectivity index (χ3v) is 10.6.